The van der Waals surface area contributed by atoms with E-state index in [-0.39, 0.29) is 18.1 Å². The number of carbonyl (C=O) groups is 1. The van der Waals surface area contributed by atoms with E-state index >= 15 is 0 Å². The summed E-state index contributed by atoms with van der Waals surface area (Å²) in [5.74, 6) is 0.628. The van der Waals surface area contributed by atoms with Crippen molar-refractivity contribution in [2.45, 2.75) is 63.5 Å². The molecule has 2 atom stereocenters. The van der Waals surface area contributed by atoms with Crippen LogP contribution in [0.25, 0.3) is 0 Å². The van der Waals surface area contributed by atoms with E-state index in [1.54, 1.807) is 25.4 Å². The van der Waals surface area contributed by atoms with Gasteiger partial charge in [-0.05, 0) is 61.9 Å². The summed E-state index contributed by atoms with van der Waals surface area (Å²) >= 11 is 0. The fourth-order valence-corrected chi connectivity index (χ4v) is 5.85. The van der Waals surface area contributed by atoms with E-state index in [1.807, 2.05) is 16.7 Å². The van der Waals surface area contributed by atoms with Crippen LogP contribution in [0, 0.1) is 6.92 Å². The van der Waals surface area contributed by atoms with Crippen LogP contribution in [0.5, 0.6) is 0 Å². The number of alkyl halides is 3. The summed E-state index contributed by atoms with van der Waals surface area (Å²) < 4.78 is 50.8. The highest BCUT2D eigenvalue weighted by Gasteiger charge is 2.33. The van der Waals surface area contributed by atoms with Crippen molar-refractivity contribution in [3.63, 3.8) is 0 Å². The highest BCUT2D eigenvalue weighted by molar-refractivity contribution is 5.96. The van der Waals surface area contributed by atoms with E-state index in [0.29, 0.717) is 62.2 Å². The molecule has 10 heteroatoms. The molecule has 1 N–H and O–H groups in total. The summed E-state index contributed by atoms with van der Waals surface area (Å²) in [6, 6.07) is 6.29. The van der Waals surface area contributed by atoms with E-state index in [9.17, 15) is 18.0 Å². The predicted molar refractivity (Wildman–Crippen MR) is 137 cm³/mol. The Balaban J connectivity index is 1.24. The number of hydrogen-bond acceptors (Lipinski definition) is 6. The number of anilines is 1. The molecule has 0 radical (unpaired) electrons. The minimum atomic E-state index is -4.38. The van der Waals surface area contributed by atoms with E-state index in [0.717, 1.165) is 43.1 Å². The largest absolute Gasteiger partial charge is 0.416 e. The van der Waals surface area contributed by atoms with Crippen LogP contribution < -0.4 is 10.2 Å². The van der Waals surface area contributed by atoms with Gasteiger partial charge in [0.15, 0.2) is 0 Å². The first-order valence-electron chi connectivity index (χ1n) is 13.3. The third-order valence-electron chi connectivity index (χ3n) is 8.09. The van der Waals surface area contributed by atoms with Crippen LogP contribution in [0.1, 0.15) is 51.9 Å². The fourth-order valence-electron chi connectivity index (χ4n) is 5.85. The monoisotopic (exact) mass is 532 g/mol. The van der Waals surface area contributed by atoms with Crippen LogP contribution in [-0.2, 0) is 28.6 Å². The SMILES string of the molecule is COC1COCCC1NC1CCN(C(=O)c2ccnc(N3CCc4ccc(C(F)(F)F)cc4C3)c2C)CC1. The van der Waals surface area contributed by atoms with E-state index in [4.69, 9.17) is 9.47 Å². The van der Waals surface area contributed by atoms with Crippen LogP contribution in [0.2, 0.25) is 0 Å². The van der Waals surface area contributed by atoms with Crippen LogP contribution >= 0.6 is 0 Å². The molecule has 1 aromatic heterocycles. The number of piperidine rings is 1. The number of rotatable bonds is 5. The summed E-state index contributed by atoms with van der Waals surface area (Å²) in [5.41, 5.74) is 2.30. The lowest BCUT2D eigenvalue weighted by molar-refractivity contribution is -0.137. The lowest BCUT2D eigenvalue weighted by atomic mass is 9.96. The molecule has 1 amide bonds. The molecule has 2 fully saturated rings. The third kappa shape index (κ3) is 5.67. The fraction of sp³-hybridized carbons (Fsp3) is 0.571. The number of carbonyl (C=O) groups excluding carboxylic acids is 1. The van der Waals surface area contributed by atoms with Crippen LogP contribution in [0.15, 0.2) is 30.5 Å². The third-order valence-corrected chi connectivity index (χ3v) is 8.09. The molecule has 5 rings (SSSR count). The second-order valence-corrected chi connectivity index (χ2v) is 10.4. The zero-order valence-corrected chi connectivity index (χ0v) is 21.9. The number of ether oxygens (including phenoxy) is 2. The highest BCUT2D eigenvalue weighted by Crippen LogP contribution is 2.34. The molecule has 2 saturated heterocycles. The van der Waals surface area contributed by atoms with Crippen LogP contribution in [0.4, 0.5) is 19.0 Å². The van der Waals surface area contributed by atoms with Gasteiger partial charge in [0.2, 0.25) is 0 Å². The van der Waals surface area contributed by atoms with Crippen molar-refractivity contribution >= 4 is 11.7 Å². The molecule has 38 heavy (non-hydrogen) atoms. The van der Waals surface area contributed by atoms with Crippen molar-refractivity contribution in [2.75, 3.05) is 44.9 Å². The standard InChI is InChI=1S/C28H35F3N4O3/c1-18-23(27(36)34-12-7-22(8-13-34)33-24-9-14-38-17-25(24)37-2)5-10-32-26(18)35-11-6-19-3-4-21(28(29,30)31)15-20(19)16-35/h3-5,10,15,22,24-25,33H,6-9,11-14,16-17H2,1-2H3. The number of benzene rings is 1. The van der Waals surface area contributed by atoms with Crippen molar-refractivity contribution in [2.24, 2.45) is 0 Å². The lowest BCUT2D eigenvalue weighted by Crippen LogP contribution is -2.54. The Bertz CT molecular complexity index is 1150. The molecule has 4 heterocycles. The van der Waals surface area contributed by atoms with Gasteiger partial charge >= 0.3 is 6.18 Å². The van der Waals surface area contributed by atoms with Crippen LogP contribution in [0.3, 0.4) is 0 Å². The zero-order chi connectivity index (χ0) is 26.9. The molecule has 2 aromatic rings. The molecule has 206 valence electrons. The lowest BCUT2D eigenvalue weighted by Gasteiger charge is -2.38. The number of hydrogen-bond donors (Lipinski definition) is 1. The van der Waals surface area contributed by atoms with E-state index in [2.05, 4.69) is 10.3 Å². The van der Waals surface area contributed by atoms with Crippen molar-refractivity contribution in [3.8, 4) is 0 Å². The van der Waals surface area contributed by atoms with Crippen molar-refractivity contribution in [3.05, 3.63) is 58.3 Å². The first-order valence-corrected chi connectivity index (χ1v) is 13.3. The number of likely N-dealkylation sites (tertiary alicyclic amines) is 1. The van der Waals surface area contributed by atoms with Crippen molar-refractivity contribution in [1.82, 2.24) is 15.2 Å². The van der Waals surface area contributed by atoms with Gasteiger partial charge in [0.05, 0.1) is 18.3 Å². The molecule has 0 saturated carbocycles. The summed E-state index contributed by atoms with van der Waals surface area (Å²) in [4.78, 5) is 21.9. The average Bonchev–Trinajstić information content (AvgIpc) is 2.92. The Labute approximate surface area is 221 Å². The van der Waals surface area contributed by atoms with Gasteiger partial charge in [0, 0.05) is 69.3 Å². The average molecular weight is 533 g/mol. The summed E-state index contributed by atoms with van der Waals surface area (Å²) in [6.45, 7) is 5.48. The molecule has 0 spiro atoms. The molecule has 7 nitrogen and oxygen atoms in total. The second kappa shape index (κ2) is 11.2. The molecule has 3 aliphatic rings. The minimum absolute atomic E-state index is 0.0257. The quantitative estimate of drug-likeness (QED) is 0.629. The number of nitrogens with zero attached hydrogens (tertiary/aromatic N) is 3. The number of methoxy groups -OCH3 is 1. The van der Waals surface area contributed by atoms with Gasteiger partial charge in [-0.25, -0.2) is 4.98 Å². The number of amides is 1. The molecule has 0 aliphatic carbocycles. The number of aromatic nitrogens is 1. The van der Waals surface area contributed by atoms with Gasteiger partial charge in [0.1, 0.15) is 5.82 Å². The predicted octanol–water partition coefficient (Wildman–Crippen LogP) is 3.97. The first kappa shape index (κ1) is 26.9. The van der Waals surface area contributed by atoms with Crippen molar-refractivity contribution < 1.29 is 27.4 Å². The molecular weight excluding hydrogens is 497 g/mol. The second-order valence-electron chi connectivity index (χ2n) is 10.4. The Kier molecular flexibility index (Phi) is 7.93. The molecular formula is C28H35F3N4O3. The maximum Gasteiger partial charge on any atom is 0.416 e. The van der Waals surface area contributed by atoms with E-state index < -0.39 is 11.7 Å². The number of nitrogens with one attached hydrogen (secondary N) is 1. The smallest absolute Gasteiger partial charge is 0.379 e. The zero-order valence-electron chi connectivity index (χ0n) is 21.9. The Hall–Kier alpha value is -2.69. The van der Waals surface area contributed by atoms with Gasteiger partial charge in [-0.3, -0.25) is 4.79 Å². The van der Waals surface area contributed by atoms with E-state index in [1.165, 1.54) is 6.07 Å². The van der Waals surface area contributed by atoms with Gasteiger partial charge in [-0.15, -0.1) is 0 Å². The first-order chi connectivity index (χ1) is 18.2. The topological polar surface area (TPSA) is 66.9 Å². The van der Waals surface area contributed by atoms with Crippen molar-refractivity contribution in [1.29, 1.82) is 0 Å². The molecule has 2 unspecified atom stereocenters. The normalized spacial score (nSPS) is 22.9. The number of halogens is 3. The molecule has 3 aliphatic heterocycles. The van der Waals surface area contributed by atoms with Gasteiger partial charge in [-0.1, -0.05) is 6.07 Å². The molecule has 0 bridgehead atoms. The number of pyridine rings is 1. The summed E-state index contributed by atoms with van der Waals surface area (Å²) in [7, 11) is 1.71. The van der Waals surface area contributed by atoms with Crippen LogP contribution in [-0.4, -0.2) is 73.9 Å². The Morgan fingerprint density at radius 2 is 1.92 bits per heavy atom. The summed E-state index contributed by atoms with van der Waals surface area (Å²) in [5, 5.41) is 3.71. The maximum absolute atomic E-state index is 13.5. The minimum Gasteiger partial charge on any atom is -0.379 e. The highest BCUT2D eigenvalue weighted by atomic mass is 19.4. The van der Waals surface area contributed by atoms with Gasteiger partial charge < -0.3 is 24.6 Å². The maximum atomic E-state index is 13.5. The van der Waals surface area contributed by atoms with Gasteiger partial charge in [0.25, 0.3) is 5.91 Å². The summed E-state index contributed by atoms with van der Waals surface area (Å²) in [6.07, 6.45) is 0.558. The molecule has 1 aromatic carbocycles. The number of fused-ring (bicyclic) bond motifs is 1. The van der Waals surface area contributed by atoms with Gasteiger partial charge in [-0.2, -0.15) is 13.2 Å². The Morgan fingerprint density at radius 1 is 1.13 bits per heavy atom. The Morgan fingerprint density at radius 3 is 2.66 bits per heavy atom.